The fourth-order valence-corrected chi connectivity index (χ4v) is 1.05. The highest BCUT2D eigenvalue weighted by Crippen LogP contribution is 2.04. The van der Waals surface area contributed by atoms with Gasteiger partial charge in [-0.15, -0.1) is 0 Å². The molecular weight excluding hydrogens is 254 g/mol. The molecule has 0 spiro atoms. The number of carbonyl (C=O) groups is 1. The summed E-state index contributed by atoms with van der Waals surface area (Å²) in [7, 11) is 0. The molecule has 0 fully saturated rings. The number of alkyl halides is 2. The van der Waals surface area contributed by atoms with Gasteiger partial charge in [0.2, 0.25) is 5.91 Å². The molecule has 100 valence electrons. The topological polar surface area (TPSA) is 110 Å². The minimum absolute atomic E-state index is 0.357. The van der Waals surface area contributed by atoms with Crippen LogP contribution in [0.5, 0.6) is 0 Å². The molecule has 0 bridgehead atoms. The molecule has 1 heterocycles. The second-order valence-corrected chi connectivity index (χ2v) is 3.33. The minimum Gasteiger partial charge on any atom is -0.385 e. The molecule has 0 saturated heterocycles. The summed E-state index contributed by atoms with van der Waals surface area (Å²) in [5.74, 6) is -1.11. The van der Waals surface area contributed by atoms with Gasteiger partial charge in [0.25, 0.3) is 6.43 Å². The van der Waals surface area contributed by atoms with Crippen molar-refractivity contribution in [3.63, 3.8) is 0 Å². The Hall–Kier alpha value is -2.10. The molecule has 1 unspecified atom stereocenters. The van der Waals surface area contributed by atoms with Crippen LogP contribution < -0.4 is 5.32 Å². The maximum absolute atomic E-state index is 11.9. The molecule has 0 aliphatic heterocycles. The molecule has 0 aliphatic rings. The SMILES string of the molecule is O=C(Cn1ccc([N+](=O)[O-])n1)NCC(O)C(F)F. The van der Waals surface area contributed by atoms with Crippen molar-refractivity contribution >= 4 is 11.7 Å². The highest BCUT2D eigenvalue weighted by molar-refractivity contribution is 5.75. The van der Waals surface area contributed by atoms with Crippen LogP contribution in [0.15, 0.2) is 12.3 Å². The summed E-state index contributed by atoms with van der Waals surface area (Å²) in [5, 5.41) is 24.6. The summed E-state index contributed by atoms with van der Waals surface area (Å²) in [6, 6.07) is 1.10. The van der Waals surface area contributed by atoms with Gasteiger partial charge in [-0.25, -0.2) is 8.78 Å². The number of aromatic nitrogens is 2. The first-order chi connectivity index (χ1) is 8.40. The molecule has 0 aromatic carbocycles. The summed E-state index contributed by atoms with van der Waals surface area (Å²) < 4.78 is 24.8. The first-order valence-electron chi connectivity index (χ1n) is 4.81. The Bertz CT molecular complexity index is 436. The fraction of sp³-hybridized carbons (Fsp3) is 0.500. The number of rotatable bonds is 6. The van der Waals surface area contributed by atoms with Crippen molar-refractivity contribution in [3.8, 4) is 0 Å². The second-order valence-electron chi connectivity index (χ2n) is 3.33. The average Bonchev–Trinajstić information content (AvgIpc) is 2.74. The first-order valence-corrected chi connectivity index (χ1v) is 4.81. The Balaban J connectivity index is 2.42. The molecule has 8 nitrogen and oxygen atoms in total. The van der Waals surface area contributed by atoms with Crippen LogP contribution in [0, 0.1) is 10.1 Å². The van der Waals surface area contributed by atoms with Crippen molar-refractivity contribution in [1.82, 2.24) is 15.1 Å². The molecule has 10 heteroatoms. The number of aliphatic hydroxyl groups is 1. The highest BCUT2D eigenvalue weighted by atomic mass is 19.3. The van der Waals surface area contributed by atoms with E-state index >= 15 is 0 Å². The summed E-state index contributed by atoms with van der Waals surface area (Å²) >= 11 is 0. The smallest absolute Gasteiger partial charge is 0.385 e. The lowest BCUT2D eigenvalue weighted by atomic mass is 10.3. The number of carbonyl (C=O) groups excluding carboxylic acids is 1. The highest BCUT2D eigenvalue weighted by Gasteiger charge is 2.18. The van der Waals surface area contributed by atoms with Gasteiger partial charge in [-0.3, -0.25) is 4.79 Å². The van der Waals surface area contributed by atoms with E-state index in [1.165, 1.54) is 6.20 Å². The number of nitro groups is 1. The predicted octanol–water partition coefficient (Wildman–Crippen LogP) is -0.467. The third-order valence-corrected chi connectivity index (χ3v) is 1.92. The van der Waals surface area contributed by atoms with Crippen molar-refractivity contribution < 1.29 is 23.6 Å². The normalized spacial score (nSPS) is 12.4. The number of nitrogens with zero attached hydrogens (tertiary/aromatic N) is 3. The lowest BCUT2D eigenvalue weighted by Crippen LogP contribution is -2.37. The molecule has 1 rings (SSSR count). The van der Waals surface area contributed by atoms with Gasteiger partial charge in [-0.05, 0) is 4.92 Å². The molecule has 0 aliphatic carbocycles. The zero-order valence-electron chi connectivity index (χ0n) is 8.99. The number of aliphatic hydroxyl groups excluding tert-OH is 1. The van der Waals surface area contributed by atoms with E-state index in [-0.39, 0.29) is 6.54 Å². The zero-order chi connectivity index (χ0) is 13.7. The number of halogens is 2. The molecule has 0 saturated carbocycles. The Morgan fingerprint density at radius 3 is 2.83 bits per heavy atom. The van der Waals surface area contributed by atoms with E-state index in [9.17, 15) is 23.7 Å². The molecular formula is C8H10F2N4O4. The second kappa shape index (κ2) is 6.00. The monoisotopic (exact) mass is 264 g/mol. The standard InChI is InChI=1S/C8H10F2N4O4/c9-8(10)5(15)3-11-7(16)4-13-2-1-6(12-13)14(17)18/h1-2,5,8,15H,3-4H2,(H,11,16). The number of hydrogen-bond donors (Lipinski definition) is 2. The van der Waals surface area contributed by atoms with Crippen molar-refractivity contribution in [2.45, 2.75) is 19.1 Å². The molecule has 1 amide bonds. The van der Waals surface area contributed by atoms with E-state index in [4.69, 9.17) is 5.11 Å². The van der Waals surface area contributed by atoms with Crippen molar-refractivity contribution in [2.24, 2.45) is 0 Å². The first kappa shape index (κ1) is 14.0. The Labute approximate surface area is 99.4 Å². The molecule has 1 aromatic heterocycles. The molecule has 18 heavy (non-hydrogen) atoms. The van der Waals surface area contributed by atoms with Gasteiger partial charge < -0.3 is 20.5 Å². The van der Waals surface area contributed by atoms with Gasteiger partial charge in [-0.1, -0.05) is 0 Å². The van der Waals surface area contributed by atoms with Crippen LogP contribution in [0.25, 0.3) is 0 Å². The molecule has 1 atom stereocenters. The van der Waals surface area contributed by atoms with Crippen LogP contribution in [0.1, 0.15) is 0 Å². The largest absolute Gasteiger partial charge is 0.389 e. The third kappa shape index (κ3) is 4.05. The van der Waals surface area contributed by atoms with E-state index in [0.717, 1.165) is 10.7 Å². The molecule has 2 N–H and O–H groups in total. The van der Waals surface area contributed by atoms with E-state index in [0.29, 0.717) is 0 Å². The van der Waals surface area contributed by atoms with Crippen LogP contribution in [0.4, 0.5) is 14.6 Å². The summed E-state index contributed by atoms with van der Waals surface area (Å²) in [6.45, 7) is -0.955. The van der Waals surface area contributed by atoms with Crippen LogP contribution in [-0.2, 0) is 11.3 Å². The maximum Gasteiger partial charge on any atom is 0.389 e. The van der Waals surface area contributed by atoms with Gasteiger partial charge in [0, 0.05) is 6.54 Å². The zero-order valence-corrected chi connectivity index (χ0v) is 8.99. The molecule has 1 aromatic rings. The lowest BCUT2D eigenvalue weighted by molar-refractivity contribution is -0.389. The van der Waals surface area contributed by atoms with Gasteiger partial charge in [0.05, 0.1) is 17.4 Å². The van der Waals surface area contributed by atoms with Crippen LogP contribution in [-0.4, -0.2) is 44.8 Å². The van der Waals surface area contributed by atoms with E-state index < -0.39 is 35.7 Å². The average molecular weight is 264 g/mol. The van der Waals surface area contributed by atoms with Crippen LogP contribution in [0.3, 0.4) is 0 Å². The predicted molar refractivity (Wildman–Crippen MR) is 53.9 cm³/mol. The van der Waals surface area contributed by atoms with Crippen molar-refractivity contribution in [1.29, 1.82) is 0 Å². The van der Waals surface area contributed by atoms with Gasteiger partial charge in [0.15, 0.2) is 0 Å². The number of hydrogen-bond acceptors (Lipinski definition) is 5. The summed E-state index contributed by atoms with van der Waals surface area (Å²) in [4.78, 5) is 20.8. The van der Waals surface area contributed by atoms with Crippen LogP contribution in [0.2, 0.25) is 0 Å². The Morgan fingerprint density at radius 2 is 2.33 bits per heavy atom. The van der Waals surface area contributed by atoms with Gasteiger partial charge >= 0.3 is 5.82 Å². The van der Waals surface area contributed by atoms with Gasteiger partial charge in [0.1, 0.15) is 12.6 Å². The maximum atomic E-state index is 11.9. The van der Waals surface area contributed by atoms with E-state index in [1.807, 2.05) is 0 Å². The number of nitrogens with one attached hydrogen (secondary N) is 1. The summed E-state index contributed by atoms with van der Waals surface area (Å²) in [5.41, 5.74) is 0. The molecule has 0 radical (unpaired) electrons. The Kier molecular flexibility index (Phi) is 4.66. The lowest BCUT2D eigenvalue weighted by Gasteiger charge is -2.09. The summed E-state index contributed by atoms with van der Waals surface area (Å²) in [6.07, 6.45) is -3.68. The number of amides is 1. The Morgan fingerprint density at radius 1 is 1.67 bits per heavy atom. The fourth-order valence-electron chi connectivity index (χ4n) is 1.05. The van der Waals surface area contributed by atoms with Crippen molar-refractivity contribution in [2.75, 3.05) is 6.54 Å². The minimum atomic E-state index is -2.95. The van der Waals surface area contributed by atoms with E-state index in [1.54, 1.807) is 0 Å². The van der Waals surface area contributed by atoms with E-state index in [2.05, 4.69) is 10.4 Å². The van der Waals surface area contributed by atoms with Crippen molar-refractivity contribution in [3.05, 3.63) is 22.4 Å². The van der Waals surface area contributed by atoms with Crippen LogP contribution >= 0.6 is 0 Å². The third-order valence-electron chi connectivity index (χ3n) is 1.92. The quantitative estimate of drug-likeness (QED) is 0.533. The van der Waals surface area contributed by atoms with Gasteiger partial charge in [-0.2, -0.15) is 4.68 Å².